The minimum absolute atomic E-state index is 0.0795. The highest BCUT2D eigenvalue weighted by molar-refractivity contribution is 9.10. The van der Waals surface area contributed by atoms with Crippen LogP contribution >= 0.6 is 15.9 Å². The van der Waals surface area contributed by atoms with Crippen LogP contribution in [-0.2, 0) is 6.42 Å². The average molecular weight is 294 g/mol. The second-order valence-electron chi connectivity index (χ2n) is 3.56. The first-order valence-electron chi connectivity index (χ1n) is 5.05. The van der Waals surface area contributed by atoms with Crippen LogP contribution in [0.2, 0.25) is 0 Å². The lowest BCUT2D eigenvalue weighted by Crippen LogP contribution is -2.05. The monoisotopic (exact) mass is 293 g/mol. The van der Waals surface area contributed by atoms with Gasteiger partial charge in [0.25, 0.3) is 0 Å². The normalized spacial score (nSPS) is 10.2. The third kappa shape index (κ3) is 2.97. The van der Waals surface area contributed by atoms with Crippen LogP contribution in [0.15, 0.2) is 47.1 Å². The third-order valence-corrected chi connectivity index (χ3v) is 2.91. The van der Waals surface area contributed by atoms with Gasteiger partial charge in [-0.3, -0.25) is 9.78 Å². The lowest BCUT2D eigenvalue weighted by atomic mass is 10.1. The third-order valence-electron chi connectivity index (χ3n) is 2.30. The molecule has 1 aromatic heterocycles. The van der Waals surface area contributed by atoms with Crippen molar-refractivity contribution >= 4 is 21.7 Å². The Morgan fingerprint density at radius 2 is 2.12 bits per heavy atom. The van der Waals surface area contributed by atoms with Gasteiger partial charge in [0.2, 0.25) is 0 Å². The van der Waals surface area contributed by atoms with E-state index in [1.54, 1.807) is 36.5 Å². The zero-order chi connectivity index (χ0) is 12.3. The Labute approximate surface area is 107 Å². The summed E-state index contributed by atoms with van der Waals surface area (Å²) >= 11 is 3.09. The van der Waals surface area contributed by atoms with Gasteiger partial charge < -0.3 is 0 Å². The number of carbonyl (C=O) groups excluding carboxylic acids is 1. The molecule has 0 saturated carbocycles. The molecule has 86 valence electrons. The Bertz CT molecular complexity index is 542. The second kappa shape index (κ2) is 5.19. The molecule has 1 aromatic carbocycles. The quantitative estimate of drug-likeness (QED) is 0.812. The summed E-state index contributed by atoms with van der Waals surface area (Å²) in [7, 11) is 0. The number of hydrogen-bond donors (Lipinski definition) is 0. The Morgan fingerprint density at radius 1 is 1.29 bits per heavy atom. The Hall–Kier alpha value is -1.55. The molecule has 0 radical (unpaired) electrons. The summed E-state index contributed by atoms with van der Waals surface area (Å²) in [6.45, 7) is 0. The van der Waals surface area contributed by atoms with E-state index in [-0.39, 0.29) is 18.0 Å². The number of Topliss-reactive ketones (excluding diaryl/α,β-unsaturated/α-hetero) is 1. The summed E-state index contributed by atoms with van der Waals surface area (Å²) in [4.78, 5) is 15.8. The highest BCUT2D eigenvalue weighted by Gasteiger charge is 2.09. The van der Waals surface area contributed by atoms with Gasteiger partial charge in [-0.1, -0.05) is 12.1 Å². The maximum atomic E-state index is 13.0. The number of rotatable bonds is 3. The van der Waals surface area contributed by atoms with Crippen molar-refractivity contribution in [2.45, 2.75) is 6.42 Å². The van der Waals surface area contributed by atoms with Crippen LogP contribution in [-0.4, -0.2) is 10.8 Å². The van der Waals surface area contributed by atoms with E-state index >= 15 is 0 Å². The fourth-order valence-corrected chi connectivity index (χ4v) is 1.88. The standard InChI is InChI=1S/C13H9BrFNO/c14-10-7-9(4-5-11(10)15)8-13(17)12-3-1-2-6-16-12/h1-7H,8H2. The first kappa shape index (κ1) is 11.9. The van der Waals surface area contributed by atoms with E-state index in [4.69, 9.17) is 0 Å². The fourth-order valence-electron chi connectivity index (χ4n) is 1.45. The molecule has 17 heavy (non-hydrogen) atoms. The second-order valence-corrected chi connectivity index (χ2v) is 4.42. The molecule has 0 bridgehead atoms. The largest absolute Gasteiger partial charge is 0.292 e. The summed E-state index contributed by atoms with van der Waals surface area (Å²) in [5.74, 6) is -0.414. The predicted molar refractivity (Wildman–Crippen MR) is 66.4 cm³/mol. The molecule has 2 rings (SSSR count). The lowest BCUT2D eigenvalue weighted by Gasteiger charge is -2.02. The van der Waals surface area contributed by atoms with Gasteiger partial charge in [-0.15, -0.1) is 0 Å². The molecule has 1 heterocycles. The van der Waals surface area contributed by atoms with Gasteiger partial charge in [-0.05, 0) is 45.8 Å². The van der Waals surface area contributed by atoms with Crippen molar-refractivity contribution in [1.82, 2.24) is 4.98 Å². The lowest BCUT2D eigenvalue weighted by molar-refractivity contribution is 0.0988. The molecule has 4 heteroatoms. The van der Waals surface area contributed by atoms with Gasteiger partial charge in [-0.25, -0.2) is 4.39 Å². The molecule has 0 aliphatic carbocycles. The van der Waals surface area contributed by atoms with Gasteiger partial charge >= 0.3 is 0 Å². The van der Waals surface area contributed by atoms with Crippen molar-refractivity contribution in [3.8, 4) is 0 Å². The SMILES string of the molecule is O=C(Cc1ccc(F)c(Br)c1)c1ccccn1. The number of ketones is 1. The van der Waals surface area contributed by atoms with Crippen LogP contribution in [0.1, 0.15) is 16.1 Å². The smallest absolute Gasteiger partial charge is 0.185 e. The molecule has 0 atom stereocenters. The number of halogens is 2. The molecular formula is C13H9BrFNO. The number of hydrogen-bond acceptors (Lipinski definition) is 2. The van der Waals surface area contributed by atoms with Crippen LogP contribution in [0.4, 0.5) is 4.39 Å². The summed E-state index contributed by atoms with van der Waals surface area (Å²) in [6.07, 6.45) is 1.80. The highest BCUT2D eigenvalue weighted by atomic mass is 79.9. The maximum Gasteiger partial charge on any atom is 0.185 e. The summed E-state index contributed by atoms with van der Waals surface area (Å²) in [5.41, 5.74) is 1.18. The zero-order valence-electron chi connectivity index (χ0n) is 8.86. The average Bonchev–Trinajstić information content (AvgIpc) is 2.35. The van der Waals surface area contributed by atoms with Gasteiger partial charge in [-0.2, -0.15) is 0 Å². The molecule has 2 nitrogen and oxygen atoms in total. The van der Waals surface area contributed by atoms with Crippen molar-refractivity contribution in [1.29, 1.82) is 0 Å². The molecule has 0 saturated heterocycles. The summed E-state index contributed by atoms with van der Waals surface area (Å²) < 4.78 is 13.4. The molecule has 0 aliphatic heterocycles. The van der Waals surface area contributed by atoms with Crippen LogP contribution in [0, 0.1) is 5.82 Å². The predicted octanol–water partition coefficient (Wildman–Crippen LogP) is 3.41. The zero-order valence-corrected chi connectivity index (χ0v) is 10.4. The molecule has 0 fully saturated rings. The van der Waals surface area contributed by atoms with Crippen molar-refractivity contribution in [3.05, 3.63) is 64.1 Å². The van der Waals surface area contributed by atoms with Crippen LogP contribution in [0.3, 0.4) is 0 Å². The van der Waals surface area contributed by atoms with E-state index in [0.29, 0.717) is 10.2 Å². The van der Waals surface area contributed by atoms with Gasteiger partial charge in [0.1, 0.15) is 11.5 Å². The number of carbonyl (C=O) groups is 1. The number of nitrogens with zero attached hydrogens (tertiary/aromatic N) is 1. The first-order chi connectivity index (χ1) is 8.16. The molecule has 0 amide bonds. The van der Waals surface area contributed by atoms with Crippen molar-refractivity contribution in [3.63, 3.8) is 0 Å². The van der Waals surface area contributed by atoms with E-state index in [9.17, 15) is 9.18 Å². The van der Waals surface area contributed by atoms with E-state index in [0.717, 1.165) is 5.56 Å². The van der Waals surface area contributed by atoms with E-state index in [1.165, 1.54) is 6.07 Å². The van der Waals surface area contributed by atoms with Gasteiger partial charge in [0.05, 0.1) is 4.47 Å². The molecule has 2 aromatic rings. The van der Waals surface area contributed by atoms with Crippen molar-refractivity contribution in [2.75, 3.05) is 0 Å². The molecule has 0 spiro atoms. The highest BCUT2D eigenvalue weighted by Crippen LogP contribution is 2.17. The number of pyridine rings is 1. The molecule has 0 unspecified atom stereocenters. The molecule has 0 N–H and O–H groups in total. The number of aromatic nitrogens is 1. The minimum atomic E-state index is -0.334. The first-order valence-corrected chi connectivity index (χ1v) is 5.84. The summed E-state index contributed by atoms with van der Waals surface area (Å²) in [5, 5.41) is 0. The Balaban J connectivity index is 2.16. The van der Waals surface area contributed by atoms with Crippen LogP contribution < -0.4 is 0 Å². The van der Waals surface area contributed by atoms with Crippen molar-refractivity contribution < 1.29 is 9.18 Å². The topological polar surface area (TPSA) is 30.0 Å². The van der Waals surface area contributed by atoms with Crippen LogP contribution in [0.5, 0.6) is 0 Å². The summed E-state index contributed by atoms with van der Waals surface area (Å²) in [6, 6.07) is 9.73. The molecule has 0 aliphatic rings. The van der Waals surface area contributed by atoms with Crippen LogP contribution in [0.25, 0.3) is 0 Å². The fraction of sp³-hybridized carbons (Fsp3) is 0.0769. The Morgan fingerprint density at radius 3 is 2.76 bits per heavy atom. The van der Waals surface area contributed by atoms with Gasteiger partial charge in [0, 0.05) is 12.6 Å². The number of benzene rings is 1. The van der Waals surface area contributed by atoms with E-state index in [2.05, 4.69) is 20.9 Å². The van der Waals surface area contributed by atoms with Gasteiger partial charge in [0.15, 0.2) is 5.78 Å². The molecular weight excluding hydrogens is 285 g/mol. The minimum Gasteiger partial charge on any atom is -0.292 e. The van der Waals surface area contributed by atoms with E-state index < -0.39 is 0 Å². The Kier molecular flexibility index (Phi) is 3.64. The van der Waals surface area contributed by atoms with Crippen molar-refractivity contribution in [2.24, 2.45) is 0 Å². The maximum absolute atomic E-state index is 13.0. The van der Waals surface area contributed by atoms with E-state index in [1.807, 2.05) is 0 Å².